The summed E-state index contributed by atoms with van der Waals surface area (Å²) in [5.41, 5.74) is 8.73. The molecule has 0 amide bonds. The highest BCUT2D eigenvalue weighted by Gasteiger charge is 2.31. The molecule has 0 bridgehead atoms. The average molecular weight is 595 g/mol. The number of aromatic nitrogens is 2. The molecule has 0 atom stereocenters. The van der Waals surface area contributed by atoms with E-state index in [0.29, 0.717) is 0 Å². The van der Waals surface area contributed by atoms with Crippen molar-refractivity contribution in [2.24, 2.45) is 0 Å². The van der Waals surface area contributed by atoms with Gasteiger partial charge in [0.1, 0.15) is 13.1 Å². The number of aryl methyl sites for hydroxylation is 4. The number of fused-ring (bicyclic) bond motifs is 9. The monoisotopic (exact) mass is 594 g/mol. The molecule has 6 rings (SSSR count). The van der Waals surface area contributed by atoms with Gasteiger partial charge >= 0.3 is 0 Å². The van der Waals surface area contributed by atoms with E-state index in [1.165, 1.54) is 70.1 Å². The molecule has 13 heteroatoms. The molecule has 0 spiro atoms. The molecule has 0 aliphatic carbocycles. The number of rotatable bonds is 0. The zero-order valence-electron chi connectivity index (χ0n) is 21.3. The summed E-state index contributed by atoms with van der Waals surface area (Å²) >= 11 is 0. The van der Waals surface area contributed by atoms with Crippen molar-refractivity contribution < 1.29 is 72.4 Å². The number of benzene rings is 2. The van der Waals surface area contributed by atoms with E-state index >= 15 is 0 Å². The van der Waals surface area contributed by atoms with E-state index in [2.05, 4.69) is 82.2 Å². The van der Waals surface area contributed by atoms with Crippen molar-refractivity contribution in [2.75, 3.05) is 0 Å². The van der Waals surface area contributed by atoms with Crippen LogP contribution in [0, 0.1) is 20.5 Å². The van der Waals surface area contributed by atoms with E-state index < -0.39 is 20.5 Å². The summed E-state index contributed by atoms with van der Waals surface area (Å²) in [5.74, 6) is 0. The Hall–Kier alpha value is -2.78. The molecule has 214 valence electrons. The Kier molecular flexibility index (Phi) is 10.5. The van der Waals surface area contributed by atoms with Crippen molar-refractivity contribution >= 4 is 10.8 Å². The van der Waals surface area contributed by atoms with Crippen molar-refractivity contribution in [3.63, 3.8) is 0 Å². The molecule has 0 fully saturated rings. The van der Waals surface area contributed by atoms with Crippen LogP contribution < -0.4 is 46.4 Å². The van der Waals surface area contributed by atoms with E-state index in [-0.39, 0.29) is 5.48 Å². The molecule has 0 radical (unpaired) electrons. The number of hydrogen-bond acceptors (Lipinski definition) is 8. The highest BCUT2D eigenvalue weighted by atomic mass is 35.7. The molecule has 2 N–H and O–H groups in total. The van der Waals surface area contributed by atoms with Gasteiger partial charge in [0.25, 0.3) is 0 Å². The minimum Gasteiger partial charge on any atom is -0.412 e. The number of pyridine rings is 2. The summed E-state index contributed by atoms with van der Waals surface area (Å²) in [6.07, 6.45) is 10.6. The third kappa shape index (κ3) is 8.36. The van der Waals surface area contributed by atoms with Gasteiger partial charge in [-0.15, -0.1) is 20.5 Å². The average Bonchev–Trinajstić information content (AvgIpc) is 3.03. The maximum Gasteiger partial charge on any atom is 0.221 e. The molecule has 0 saturated heterocycles. The number of halogens is 2. The lowest BCUT2D eigenvalue weighted by atomic mass is 9.86. The van der Waals surface area contributed by atoms with Crippen LogP contribution in [0.3, 0.4) is 0 Å². The second-order valence-electron chi connectivity index (χ2n) is 9.17. The second kappa shape index (κ2) is 13.3. The molecule has 2 aromatic heterocycles. The Morgan fingerprint density at radius 1 is 0.550 bits per heavy atom. The SMILES string of the molecule is O.[O-][Cl+3]([O-])([O-])[O-].[O-][Cl+3]([O-])([O-])[O-].c1cc[n+]2c(c1)-c1c(ccc3c1-c1c4ccccc4cc[n+]1CCC3)CCCC2. The summed E-state index contributed by atoms with van der Waals surface area (Å²) in [6.45, 7) is 2.19. The lowest BCUT2D eigenvalue weighted by Crippen LogP contribution is -2.68. The van der Waals surface area contributed by atoms with Crippen LogP contribution in [0.1, 0.15) is 30.4 Å². The topological polar surface area (TPSA) is 224 Å². The van der Waals surface area contributed by atoms with Gasteiger partial charge in [-0.25, -0.2) is 37.3 Å². The zero-order valence-corrected chi connectivity index (χ0v) is 22.8. The third-order valence-electron chi connectivity index (χ3n) is 6.69. The van der Waals surface area contributed by atoms with Crippen LogP contribution in [-0.4, -0.2) is 5.48 Å². The maximum atomic E-state index is 8.49. The molecule has 40 heavy (non-hydrogen) atoms. The molecule has 2 aromatic carbocycles. The van der Waals surface area contributed by atoms with Crippen LogP contribution in [0.15, 0.2) is 73.1 Å². The van der Waals surface area contributed by atoms with Gasteiger partial charge in [0, 0.05) is 31.0 Å². The van der Waals surface area contributed by atoms with E-state index in [9.17, 15) is 0 Å². The molecule has 4 heterocycles. The molecular formula is C27H28Cl2N2O9. The first kappa shape index (κ1) is 31.7. The molecule has 4 aromatic rings. The summed E-state index contributed by atoms with van der Waals surface area (Å²) in [4.78, 5) is 0. The lowest BCUT2D eigenvalue weighted by Gasteiger charge is -2.18. The quantitative estimate of drug-likeness (QED) is 0.178. The second-order valence-corrected chi connectivity index (χ2v) is 10.7. The fraction of sp³-hybridized carbons (Fsp3) is 0.259. The Morgan fingerprint density at radius 2 is 1.12 bits per heavy atom. The molecular weight excluding hydrogens is 567 g/mol. The molecule has 11 nitrogen and oxygen atoms in total. The van der Waals surface area contributed by atoms with Crippen LogP contribution in [-0.2, 0) is 25.9 Å². The summed E-state index contributed by atoms with van der Waals surface area (Å²) in [5, 5.41) is 2.70. The Morgan fingerprint density at radius 3 is 1.82 bits per heavy atom. The van der Waals surface area contributed by atoms with Crippen LogP contribution >= 0.6 is 0 Å². The van der Waals surface area contributed by atoms with Crippen molar-refractivity contribution in [1.82, 2.24) is 0 Å². The van der Waals surface area contributed by atoms with Gasteiger partial charge in [0.15, 0.2) is 12.4 Å². The van der Waals surface area contributed by atoms with Crippen molar-refractivity contribution in [2.45, 2.75) is 45.2 Å². The highest BCUT2D eigenvalue weighted by molar-refractivity contribution is 5.98. The van der Waals surface area contributed by atoms with Gasteiger partial charge in [-0.3, -0.25) is 0 Å². The van der Waals surface area contributed by atoms with Crippen LogP contribution in [0.25, 0.3) is 33.3 Å². The fourth-order valence-electron chi connectivity index (χ4n) is 5.33. The van der Waals surface area contributed by atoms with Gasteiger partial charge in [-0.2, -0.15) is 9.13 Å². The predicted molar refractivity (Wildman–Crippen MR) is 120 cm³/mol. The normalized spacial score (nSPS) is 14.1. The standard InChI is InChI=1S/C27H26N2.2ClHO4.H2O/c1-2-11-23-20(8-1)15-19-29-18-7-10-22-14-13-21-9-3-5-16-28-17-6-4-12-24(28)25(21)26(22)27(23)29;2*2-1(3,4)5;/h1-2,4,6,8,11-15,17,19H,3,5,7,9-10,16,18H2;2*(H,2,3,4,5);1H2/q+2;;;/p-2. The van der Waals surface area contributed by atoms with Crippen molar-refractivity contribution in [3.05, 3.63) is 84.2 Å². The molecule has 0 unspecified atom stereocenters. The zero-order chi connectivity index (χ0) is 28.2. The maximum absolute atomic E-state index is 8.49. The Labute approximate surface area is 234 Å². The minimum absolute atomic E-state index is 0. The smallest absolute Gasteiger partial charge is 0.221 e. The summed E-state index contributed by atoms with van der Waals surface area (Å²) in [7, 11) is -9.89. The molecule has 2 aliphatic rings. The molecule has 2 aliphatic heterocycles. The first-order valence-corrected chi connectivity index (χ1v) is 14.7. The van der Waals surface area contributed by atoms with E-state index in [0.717, 1.165) is 19.5 Å². The van der Waals surface area contributed by atoms with Crippen LogP contribution in [0.5, 0.6) is 0 Å². The Balaban J connectivity index is 0.000000349. The molecule has 0 saturated carbocycles. The van der Waals surface area contributed by atoms with Gasteiger partial charge in [0.2, 0.25) is 11.4 Å². The van der Waals surface area contributed by atoms with Gasteiger partial charge < -0.3 is 5.48 Å². The first-order valence-electron chi connectivity index (χ1n) is 12.2. The lowest BCUT2D eigenvalue weighted by molar-refractivity contribution is -2.00. The summed E-state index contributed by atoms with van der Waals surface area (Å²) < 4.78 is 72.9. The summed E-state index contributed by atoms with van der Waals surface area (Å²) in [6, 6.07) is 22.7. The third-order valence-corrected chi connectivity index (χ3v) is 6.69. The van der Waals surface area contributed by atoms with E-state index in [4.69, 9.17) is 37.3 Å². The highest BCUT2D eigenvalue weighted by Crippen LogP contribution is 2.40. The van der Waals surface area contributed by atoms with Crippen molar-refractivity contribution in [3.8, 4) is 22.5 Å². The Bertz CT molecular complexity index is 1430. The minimum atomic E-state index is -4.94. The predicted octanol–water partition coefficient (Wildman–Crippen LogP) is -5.31. The first-order chi connectivity index (χ1) is 18.4. The largest absolute Gasteiger partial charge is 0.412 e. The number of nitrogens with zero attached hydrogens (tertiary/aromatic N) is 2. The van der Waals surface area contributed by atoms with E-state index in [1.807, 2.05) is 0 Å². The van der Waals surface area contributed by atoms with Crippen LogP contribution in [0.2, 0.25) is 0 Å². The number of hydrogen-bond donors (Lipinski definition) is 0. The van der Waals surface area contributed by atoms with E-state index in [1.54, 1.807) is 0 Å². The van der Waals surface area contributed by atoms with Gasteiger partial charge in [-0.1, -0.05) is 30.3 Å². The van der Waals surface area contributed by atoms with Gasteiger partial charge in [-0.05, 0) is 47.9 Å². The van der Waals surface area contributed by atoms with Crippen molar-refractivity contribution in [1.29, 1.82) is 0 Å². The fourth-order valence-corrected chi connectivity index (χ4v) is 5.33. The van der Waals surface area contributed by atoms with Crippen LogP contribution in [0.4, 0.5) is 0 Å². The van der Waals surface area contributed by atoms with Gasteiger partial charge in [0.05, 0.1) is 16.5 Å².